The predicted molar refractivity (Wildman–Crippen MR) is 169 cm³/mol. The van der Waals surface area contributed by atoms with Gasteiger partial charge in [0.2, 0.25) is 0 Å². The summed E-state index contributed by atoms with van der Waals surface area (Å²) >= 11 is -0.385. The van der Waals surface area contributed by atoms with Crippen LogP contribution in [0.25, 0.3) is 11.9 Å². The zero-order valence-electron chi connectivity index (χ0n) is 25.2. The predicted octanol–water partition coefficient (Wildman–Crippen LogP) is 3.21. The average Bonchev–Trinajstić information content (AvgIpc) is 3.11. The van der Waals surface area contributed by atoms with Gasteiger partial charge in [0.05, 0.1) is 46.7 Å². The summed E-state index contributed by atoms with van der Waals surface area (Å²) in [7, 11) is -5.25. The zero-order valence-corrected chi connectivity index (χ0v) is 27.6. The molecule has 4 rings (SSSR count). The van der Waals surface area contributed by atoms with E-state index in [2.05, 4.69) is 39.9 Å². The van der Waals surface area contributed by atoms with Crippen molar-refractivity contribution in [3.05, 3.63) is 64.4 Å². The van der Waals surface area contributed by atoms with Crippen LogP contribution in [0.5, 0.6) is 0 Å². The molecule has 10 nitrogen and oxygen atoms in total. The maximum absolute atomic E-state index is 15.2. The summed E-state index contributed by atoms with van der Waals surface area (Å²) in [6.45, 7) is 5.92. The Morgan fingerprint density at radius 2 is 2.07 bits per heavy atom. The number of sulfone groups is 2. The fourth-order valence-corrected chi connectivity index (χ4v) is 7.80. The molecule has 0 saturated carbocycles. The number of nitrogens with one attached hydrogen (secondary N) is 2. The van der Waals surface area contributed by atoms with Gasteiger partial charge in [-0.25, -0.2) is 25.9 Å². The van der Waals surface area contributed by atoms with Crippen LogP contribution in [0.4, 0.5) is 17.6 Å². The van der Waals surface area contributed by atoms with E-state index < -0.39 is 37.4 Å². The molecule has 0 spiro atoms. The lowest BCUT2D eigenvalue weighted by Crippen LogP contribution is -2.60. The number of aromatic nitrogens is 2. The quantitative estimate of drug-likeness (QED) is 0.163. The average molecular weight is 704 g/mol. The minimum absolute atomic E-state index is 0.00267. The van der Waals surface area contributed by atoms with Crippen LogP contribution in [-0.4, -0.2) is 99.8 Å². The molecular weight excluding hydrogens is 671 g/mol. The molecule has 3 heterocycles. The highest BCUT2D eigenvalue weighted by molar-refractivity contribution is 8.00. The summed E-state index contributed by atoms with van der Waals surface area (Å²) < 4.78 is 110. The van der Waals surface area contributed by atoms with Crippen LogP contribution < -0.4 is 10.6 Å². The molecule has 0 amide bonds. The molecule has 1 aliphatic carbocycles. The van der Waals surface area contributed by atoms with E-state index in [9.17, 15) is 30.0 Å². The Hall–Kier alpha value is -3.42. The Labute approximate surface area is 269 Å². The molecule has 2 fully saturated rings. The molecule has 2 atom stereocenters. The third kappa shape index (κ3) is 8.89. The van der Waals surface area contributed by atoms with Crippen LogP contribution in [0.3, 0.4) is 0 Å². The number of methoxy groups -OCH3 is 1. The molecule has 1 aromatic rings. The van der Waals surface area contributed by atoms with Gasteiger partial charge in [0.25, 0.3) is 0 Å². The van der Waals surface area contributed by atoms with Crippen LogP contribution in [0, 0.1) is 11.8 Å². The number of rotatable bonds is 10. The molecule has 46 heavy (non-hydrogen) atoms. The topological polar surface area (TPSA) is 123 Å². The second-order valence-electron chi connectivity index (χ2n) is 10.6. The minimum Gasteiger partial charge on any atom is -0.494 e. The smallest absolute Gasteiger partial charge is 0.446 e. The van der Waals surface area contributed by atoms with Gasteiger partial charge in [-0.2, -0.15) is 18.3 Å². The molecule has 2 aliphatic heterocycles. The first-order valence-corrected chi connectivity index (χ1v) is 18.5. The van der Waals surface area contributed by atoms with Gasteiger partial charge in [0.1, 0.15) is 23.4 Å². The highest BCUT2D eigenvalue weighted by atomic mass is 32.2. The molecule has 0 aromatic carbocycles. The maximum atomic E-state index is 15.2. The number of hydrogen-bond acceptors (Lipinski definition) is 10. The van der Waals surface area contributed by atoms with E-state index in [4.69, 9.17) is 4.74 Å². The molecule has 2 unspecified atom stereocenters. The van der Waals surface area contributed by atoms with Crippen molar-refractivity contribution in [2.45, 2.75) is 42.0 Å². The number of likely N-dealkylation sites (tertiary alicyclic amines) is 1. The van der Waals surface area contributed by atoms with Gasteiger partial charge in [0.15, 0.2) is 25.4 Å². The highest BCUT2D eigenvalue weighted by Crippen LogP contribution is 2.41. The molecule has 0 radical (unpaired) electrons. The SMILES string of the molecule is C=C(NC1CCN(C2CS(=O)(=O)C2)CC1F)n1nc(C#CCNC2=C=CC=C(S(C)(=O)=O)C=C2OC)c(SC(F)(F)F)c1/C=C\C. The van der Waals surface area contributed by atoms with Gasteiger partial charge < -0.3 is 15.4 Å². The summed E-state index contributed by atoms with van der Waals surface area (Å²) in [5.41, 5.74) is -1.68. The van der Waals surface area contributed by atoms with E-state index in [0.717, 1.165) is 10.9 Å². The molecule has 2 N–H and O–H groups in total. The molecule has 17 heteroatoms. The van der Waals surface area contributed by atoms with E-state index in [1.54, 1.807) is 11.8 Å². The van der Waals surface area contributed by atoms with Gasteiger partial charge in [0, 0.05) is 31.5 Å². The first-order valence-electron chi connectivity index (χ1n) is 13.9. The first kappa shape index (κ1) is 35.4. The van der Waals surface area contributed by atoms with Crippen molar-refractivity contribution in [3.8, 4) is 11.8 Å². The lowest BCUT2D eigenvalue weighted by atomic mass is 10.0. The Morgan fingerprint density at radius 3 is 2.65 bits per heavy atom. The second-order valence-corrected chi connectivity index (χ2v) is 15.9. The Balaban J connectivity index is 1.53. The van der Waals surface area contributed by atoms with Crippen LogP contribution in [-0.2, 0) is 24.4 Å². The number of halogens is 4. The van der Waals surface area contributed by atoms with Crippen LogP contribution in [0.1, 0.15) is 24.7 Å². The van der Waals surface area contributed by atoms with Gasteiger partial charge in [-0.05, 0) is 49.3 Å². The number of ether oxygens (including phenoxy) is 1. The number of hydrogen-bond donors (Lipinski definition) is 2. The summed E-state index contributed by atoms with van der Waals surface area (Å²) in [4.78, 5) is 1.54. The van der Waals surface area contributed by atoms with E-state index in [1.165, 1.54) is 37.5 Å². The standard InChI is InChI=1S/C29H33F4N5O5S3/c1-5-8-26-28(44-29(31,32)33)25(11-7-13-34-24-10-6-9-21(45(4,39)40)15-27(24)43-3)36-38(26)19(2)35-23-12-14-37(16-22(23)30)20-17-46(41,42)18-20/h5-6,8-9,15,20,22-23,34-35H,2,12-14,16-18H2,1,3-4H3/b8-5-. The molecule has 250 valence electrons. The third-order valence-electron chi connectivity index (χ3n) is 7.21. The summed E-state index contributed by atoms with van der Waals surface area (Å²) in [6.07, 6.45) is 6.99. The number of nitrogens with zero attached hydrogens (tertiary/aromatic N) is 3. The van der Waals surface area contributed by atoms with Gasteiger partial charge >= 0.3 is 5.51 Å². The van der Waals surface area contributed by atoms with Crippen molar-refractivity contribution >= 4 is 43.3 Å². The largest absolute Gasteiger partial charge is 0.494 e. The number of alkyl halides is 4. The number of allylic oxidation sites excluding steroid dienone is 3. The van der Waals surface area contributed by atoms with E-state index >= 15 is 4.39 Å². The highest BCUT2D eigenvalue weighted by Gasteiger charge is 2.41. The molecule has 3 aliphatic rings. The van der Waals surface area contributed by atoms with E-state index in [0.29, 0.717) is 13.0 Å². The number of piperidine rings is 1. The van der Waals surface area contributed by atoms with E-state index in [1.807, 2.05) is 0 Å². The zero-order chi connectivity index (χ0) is 33.9. The third-order valence-corrected chi connectivity index (χ3v) is 10.9. The van der Waals surface area contributed by atoms with Crippen molar-refractivity contribution in [1.82, 2.24) is 25.3 Å². The monoisotopic (exact) mass is 703 g/mol. The lowest BCUT2D eigenvalue weighted by molar-refractivity contribution is -0.0328. The Morgan fingerprint density at radius 1 is 1.35 bits per heavy atom. The molecule has 1 aromatic heterocycles. The Bertz CT molecular complexity index is 1800. The van der Waals surface area contributed by atoms with Crippen molar-refractivity contribution in [2.24, 2.45) is 0 Å². The molecule has 0 bridgehead atoms. The van der Waals surface area contributed by atoms with Crippen molar-refractivity contribution < 1.29 is 39.1 Å². The summed E-state index contributed by atoms with van der Waals surface area (Å²) in [6, 6.07) is -0.937. The fraction of sp³-hybridized carbons (Fsp3) is 0.448. The Kier molecular flexibility index (Phi) is 10.9. The summed E-state index contributed by atoms with van der Waals surface area (Å²) in [5, 5.41) is 10.2. The lowest BCUT2D eigenvalue weighted by Gasteiger charge is -2.43. The van der Waals surface area contributed by atoms with Gasteiger partial charge in [-0.3, -0.25) is 4.90 Å². The van der Waals surface area contributed by atoms with Crippen LogP contribution >= 0.6 is 11.8 Å². The fourth-order valence-electron chi connectivity index (χ4n) is 4.99. The summed E-state index contributed by atoms with van der Waals surface area (Å²) in [5.74, 6) is 5.61. The normalized spacial score (nSPS) is 22.1. The second kappa shape index (κ2) is 14.1. The molecule has 2 saturated heterocycles. The minimum atomic E-state index is -4.67. The van der Waals surface area contributed by atoms with Crippen molar-refractivity contribution in [2.75, 3.05) is 44.5 Å². The van der Waals surface area contributed by atoms with Gasteiger partial charge in [-0.15, -0.1) is 0 Å². The molecular formula is C29H33F4N5O5S3. The van der Waals surface area contributed by atoms with E-state index in [-0.39, 0.29) is 80.9 Å². The first-order chi connectivity index (χ1) is 21.5. The van der Waals surface area contributed by atoms with Crippen molar-refractivity contribution in [1.29, 1.82) is 0 Å². The van der Waals surface area contributed by atoms with Crippen molar-refractivity contribution in [3.63, 3.8) is 0 Å². The van der Waals surface area contributed by atoms with Crippen LogP contribution in [0.2, 0.25) is 0 Å². The maximum Gasteiger partial charge on any atom is 0.446 e. The number of thioether (sulfide) groups is 1. The van der Waals surface area contributed by atoms with Gasteiger partial charge in [-0.1, -0.05) is 24.3 Å². The van der Waals surface area contributed by atoms with Crippen LogP contribution in [0.15, 0.2) is 57.9 Å².